The second kappa shape index (κ2) is 12.8. The molecule has 13 heteroatoms. The highest BCUT2D eigenvalue weighted by Gasteiger charge is 2.38. The Bertz CT molecular complexity index is 1730. The molecule has 0 saturated carbocycles. The molecule has 4 aromatic rings. The minimum atomic E-state index is -1.46. The van der Waals surface area contributed by atoms with E-state index < -0.39 is 11.8 Å². The maximum atomic E-state index is 13.6. The Balaban J connectivity index is 1.30. The van der Waals surface area contributed by atoms with E-state index in [0.717, 1.165) is 15.8 Å². The lowest BCUT2D eigenvalue weighted by Gasteiger charge is -2.23. The number of methoxy groups -OCH3 is 1. The molecule has 3 heterocycles. The van der Waals surface area contributed by atoms with E-state index in [-0.39, 0.29) is 53.3 Å². The Morgan fingerprint density at radius 2 is 1.93 bits per heavy atom. The van der Waals surface area contributed by atoms with E-state index in [9.17, 15) is 19.2 Å². The molecule has 224 valence electrons. The number of carbonyl (C=O) groups excluding carboxylic acids is 3. The molecular weight excluding hydrogens is 615 g/mol. The monoisotopic (exact) mass is 642 g/mol. The van der Waals surface area contributed by atoms with Gasteiger partial charge in [0.2, 0.25) is 11.7 Å². The Hall–Kier alpha value is -3.77. The first-order valence-corrected chi connectivity index (χ1v) is 15.0. The Labute approximate surface area is 261 Å². The molecule has 0 spiro atoms. The fourth-order valence-electron chi connectivity index (χ4n) is 5.21. The zero-order chi connectivity index (χ0) is 30.8. The average molecular weight is 644 g/mol. The number of Topliss-reactive ketones (excluding diaryl/α,β-unsaturated/α-hetero) is 1. The first-order chi connectivity index (χ1) is 20.5. The van der Waals surface area contributed by atoms with Gasteiger partial charge >= 0.3 is 5.97 Å². The van der Waals surface area contributed by atoms with Crippen LogP contribution in [0.2, 0.25) is 10.0 Å². The molecule has 2 aromatic heterocycles. The van der Waals surface area contributed by atoms with Gasteiger partial charge in [0.05, 0.1) is 34.8 Å². The minimum Gasteiger partial charge on any atom is -0.476 e. The van der Waals surface area contributed by atoms with Gasteiger partial charge in [-0.25, -0.2) is 9.78 Å². The second-order valence-corrected chi connectivity index (χ2v) is 12.2. The van der Waals surface area contributed by atoms with E-state index in [0.29, 0.717) is 34.8 Å². The number of halogens is 2. The summed E-state index contributed by atoms with van der Waals surface area (Å²) in [5.74, 6) is -2.85. The number of nitrogens with zero attached hydrogens (tertiary/aromatic N) is 3. The number of ether oxygens (including phenoxy) is 1. The smallest absolute Gasteiger partial charge is 0.372 e. The number of nitrogens with one attached hydrogen (secondary N) is 1. The number of likely N-dealkylation sites (tertiary alicyclic amines) is 1. The number of rotatable bonds is 10. The summed E-state index contributed by atoms with van der Waals surface area (Å²) in [6.07, 6.45) is 3.81. The summed E-state index contributed by atoms with van der Waals surface area (Å²) >= 11 is 14.5. The zero-order valence-corrected chi connectivity index (χ0v) is 25.6. The summed E-state index contributed by atoms with van der Waals surface area (Å²) in [7, 11) is 3.45. The summed E-state index contributed by atoms with van der Waals surface area (Å²) in [5.41, 5.74) is 2.25. The predicted molar refractivity (Wildman–Crippen MR) is 164 cm³/mol. The molecule has 2 N–H and O–H groups in total. The fourth-order valence-corrected chi connectivity index (χ4v) is 6.72. The van der Waals surface area contributed by atoms with Gasteiger partial charge in [0.15, 0.2) is 0 Å². The number of thiazole rings is 1. The molecule has 2 amide bonds. The van der Waals surface area contributed by atoms with E-state index in [1.807, 2.05) is 35.9 Å². The Morgan fingerprint density at radius 1 is 1.16 bits per heavy atom. The van der Waals surface area contributed by atoms with Crippen LogP contribution in [0.4, 0.5) is 5.69 Å². The number of hydrogen-bond acceptors (Lipinski definition) is 7. The minimum absolute atomic E-state index is 0.0334. The molecule has 1 aliphatic rings. The number of aromatic nitrogens is 2. The number of amides is 2. The highest BCUT2D eigenvalue weighted by molar-refractivity contribution is 7.11. The van der Waals surface area contributed by atoms with Crippen LogP contribution in [0.5, 0.6) is 0 Å². The van der Waals surface area contributed by atoms with Crippen LogP contribution in [-0.2, 0) is 39.0 Å². The molecule has 1 fully saturated rings. The van der Waals surface area contributed by atoms with Crippen LogP contribution in [0.3, 0.4) is 0 Å². The van der Waals surface area contributed by atoms with Crippen LogP contribution < -0.4 is 5.32 Å². The number of fused-ring (bicyclic) bond motifs is 1. The highest BCUT2D eigenvalue weighted by atomic mass is 35.5. The van der Waals surface area contributed by atoms with E-state index >= 15 is 0 Å². The third-order valence-corrected chi connectivity index (χ3v) is 9.30. The van der Waals surface area contributed by atoms with Crippen molar-refractivity contribution in [3.8, 4) is 0 Å². The molecule has 2 atom stereocenters. The number of aliphatic carboxylic acids is 1. The van der Waals surface area contributed by atoms with Crippen molar-refractivity contribution < 1.29 is 29.0 Å². The lowest BCUT2D eigenvalue weighted by molar-refractivity contribution is -0.149. The van der Waals surface area contributed by atoms with Crippen molar-refractivity contribution in [1.29, 1.82) is 0 Å². The molecule has 0 bridgehead atoms. The number of carboxylic acid groups (broad SMARTS) is 1. The van der Waals surface area contributed by atoms with Gasteiger partial charge in [0, 0.05) is 66.7 Å². The number of aryl methyl sites for hydroxylation is 2. The first-order valence-electron chi connectivity index (χ1n) is 13.4. The normalized spacial score (nSPS) is 16.5. The molecule has 5 rings (SSSR count). The first kappa shape index (κ1) is 30.7. The SMILES string of the molecule is CO[C@H]1C[C@@H](c2ncc(CCC(=O)C(=O)O)s2)N(C(=O)Cc2cc(Cl)c(NC(=O)c3cn(C)c4ccccc34)cc2Cl)C1. The van der Waals surface area contributed by atoms with Crippen LogP contribution in [0.25, 0.3) is 10.9 Å². The maximum Gasteiger partial charge on any atom is 0.372 e. The number of hydrogen-bond donors (Lipinski definition) is 2. The lowest BCUT2D eigenvalue weighted by atomic mass is 10.1. The third-order valence-electron chi connectivity index (χ3n) is 7.48. The van der Waals surface area contributed by atoms with Crippen LogP contribution in [0.1, 0.15) is 44.7 Å². The number of benzene rings is 2. The quantitative estimate of drug-likeness (QED) is 0.224. The zero-order valence-electron chi connectivity index (χ0n) is 23.3. The van der Waals surface area contributed by atoms with E-state index in [4.69, 9.17) is 33.0 Å². The standard InChI is InChI=1S/C30H28Cl2N4O6S/c1-35-15-20(19-5-3-4-6-24(19)35)28(39)34-23-12-21(31)16(9-22(23)32)10-27(38)36-14-17(42-2)11-25(36)29-33-13-18(43-29)7-8-26(37)30(40)41/h3-6,9,12-13,15,17,25H,7-8,10-11,14H2,1-2H3,(H,34,39)(H,40,41)/t17-,25-/m0/s1. The summed E-state index contributed by atoms with van der Waals surface area (Å²) < 4.78 is 7.43. The van der Waals surface area contributed by atoms with Crippen molar-refractivity contribution in [3.05, 3.63) is 79.8 Å². The topological polar surface area (TPSA) is 131 Å². The van der Waals surface area contributed by atoms with Crippen molar-refractivity contribution in [2.75, 3.05) is 19.0 Å². The van der Waals surface area contributed by atoms with Crippen LogP contribution in [0.15, 0.2) is 48.8 Å². The number of ketones is 1. The summed E-state index contributed by atoms with van der Waals surface area (Å²) in [6, 6.07) is 10.4. The summed E-state index contributed by atoms with van der Waals surface area (Å²) in [4.78, 5) is 55.9. The van der Waals surface area contributed by atoms with Crippen LogP contribution in [0, 0.1) is 0 Å². The molecule has 10 nitrogen and oxygen atoms in total. The summed E-state index contributed by atoms with van der Waals surface area (Å²) in [5, 5.41) is 13.7. The molecular formula is C30H28Cl2N4O6S. The highest BCUT2D eigenvalue weighted by Crippen LogP contribution is 2.37. The van der Waals surface area contributed by atoms with Gasteiger partial charge in [-0.3, -0.25) is 14.4 Å². The van der Waals surface area contributed by atoms with Gasteiger partial charge in [0.1, 0.15) is 5.01 Å². The van der Waals surface area contributed by atoms with Gasteiger partial charge < -0.3 is 24.6 Å². The number of para-hydroxylation sites is 1. The van der Waals surface area contributed by atoms with Gasteiger partial charge in [-0.15, -0.1) is 11.3 Å². The number of anilines is 1. The van der Waals surface area contributed by atoms with Crippen molar-refractivity contribution >= 4 is 74.7 Å². The Morgan fingerprint density at radius 3 is 2.67 bits per heavy atom. The van der Waals surface area contributed by atoms with Crippen molar-refractivity contribution in [3.63, 3.8) is 0 Å². The molecule has 1 aliphatic heterocycles. The van der Waals surface area contributed by atoms with Crippen LogP contribution in [-0.4, -0.2) is 62.9 Å². The van der Waals surface area contributed by atoms with Gasteiger partial charge in [-0.1, -0.05) is 41.4 Å². The second-order valence-electron chi connectivity index (χ2n) is 10.3. The largest absolute Gasteiger partial charge is 0.476 e. The number of carboxylic acids is 1. The fraction of sp³-hybridized carbons (Fsp3) is 0.300. The maximum absolute atomic E-state index is 13.6. The molecule has 1 saturated heterocycles. The van der Waals surface area contributed by atoms with Gasteiger partial charge in [-0.05, 0) is 30.2 Å². The summed E-state index contributed by atoms with van der Waals surface area (Å²) in [6.45, 7) is 0.358. The molecule has 0 radical (unpaired) electrons. The van der Waals surface area contributed by atoms with Crippen molar-refractivity contribution in [2.45, 2.75) is 37.8 Å². The third kappa shape index (κ3) is 6.59. The predicted octanol–water partition coefficient (Wildman–Crippen LogP) is 5.31. The van der Waals surface area contributed by atoms with Crippen molar-refractivity contribution in [1.82, 2.24) is 14.5 Å². The van der Waals surface area contributed by atoms with E-state index in [1.165, 1.54) is 11.3 Å². The Kier molecular flexibility index (Phi) is 9.16. The van der Waals surface area contributed by atoms with Crippen molar-refractivity contribution in [2.24, 2.45) is 7.05 Å². The molecule has 2 aromatic carbocycles. The van der Waals surface area contributed by atoms with Gasteiger partial charge in [0.25, 0.3) is 5.91 Å². The molecule has 0 aliphatic carbocycles. The van der Waals surface area contributed by atoms with E-state index in [1.54, 1.807) is 36.5 Å². The molecule has 43 heavy (non-hydrogen) atoms. The molecule has 0 unspecified atom stereocenters. The average Bonchev–Trinajstić information content (AvgIpc) is 3.71. The van der Waals surface area contributed by atoms with Gasteiger partial charge in [-0.2, -0.15) is 0 Å². The van der Waals surface area contributed by atoms with Crippen LogP contribution >= 0.6 is 34.5 Å². The number of carbonyl (C=O) groups is 4. The lowest BCUT2D eigenvalue weighted by Crippen LogP contribution is -2.33. The van der Waals surface area contributed by atoms with E-state index in [2.05, 4.69) is 10.3 Å².